The normalized spacial score (nSPS) is 11.6. The Morgan fingerprint density at radius 1 is 1.15 bits per heavy atom. The zero-order chi connectivity index (χ0) is 18.7. The first kappa shape index (κ1) is 18.1. The van der Waals surface area contributed by atoms with Crippen LogP contribution in [0.5, 0.6) is 0 Å². The van der Waals surface area contributed by atoms with Gasteiger partial charge in [-0.25, -0.2) is 12.8 Å². The van der Waals surface area contributed by atoms with Crippen LogP contribution in [0.15, 0.2) is 59.6 Å². The van der Waals surface area contributed by atoms with Gasteiger partial charge >= 0.3 is 0 Å². The van der Waals surface area contributed by atoms with E-state index in [-0.39, 0.29) is 23.1 Å². The molecule has 0 unspecified atom stereocenters. The van der Waals surface area contributed by atoms with E-state index in [4.69, 9.17) is 0 Å². The minimum atomic E-state index is -3.70. The molecule has 1 heterocycles. The van der Waals surface area contributed by atoms with Gasteiger partial charge in [0.05, 0.1) is 10.6 Å². The number of halogens is 1. The molecule has 0 spiro atoms. The molecular weight excluding hydrogens is 355 g/mol. The number of carbonyl (C=O) groups excluding carboxylic acids is 1. The standard InChI is InChI=1S/C19H19FN2O3S/c1-2-21-19(23)12-22-11-18(16-8-3-4-9-17(16)22)26(24,25)13-14-6-5-7-15(20)10-14/h3-11H,2,12-13H2,1H3,(H,21,23). The minimum absolute atomic E-state index is 0.0316. The number of sulfone groups is 1. The van der Waals surface area contributed by atoms with E-state index in [9.17, 15) is 17.6 Å². The Balaban J connectivity index is 2.02. The lowest BCUT2D eigenvalue weighted by molar-refractivity contribution is -0.121. The van der Waals surface area contributed by atoms with Crippen molar-refractivity contribution >= 4 is 26.6 Å². The topological polar surface area (TPSA) is 68.2 Å². The molecule has 1 N–H and O–H groups in total. The fraction of sp³-hybridized carbons (Fsp3) is 0.211. The summed E-state index contributed by atoms with van der Waals surface area (Å²) in [4.78, 5) is 12.1. The van der Waals surface area contributed by atoms with Crippen LogP contribution in [0.3, 0.4) is 0 Å². The highest BCUT2D eigenvalue weighted by Crippen LogP contribution is 2.28. The molecule has 3 aromatic rings. The summed E-state index contributed by atoms with van der Waals surface area (Å²) in [6.45, 7) is 2.35. The van der Waals surface area contributed by atoms with Crippen molar-refractivity contribution in [1.29, 1.82) is 0 Å². The van der Waals surface area contributed by atoms with E-state index in [1.54, 1.807) is 34.9 Å². The maximum Gasteiger partial charge on any atom is 0.239 e. The summed E-state index contributed by atoms with van der Waals surface area (Å²) in [5, 5.41) is 3.25. The van der Waals surface area contributed by atoms with Gasteiger partial charge in [-0.3, -0.25) is 4.79 Å². The van der Waals surface area contributed by atoms with Crippen molar-refractivity contribution in [3.05, 3.63) is 66.1 Å². The molecule has 1 aromatic heterocycles. The predicted octanol–water partition coefficient (Wildman–Crippen LogP) is 2.89. The van der Waals surface area contributed by atoms with Crippen molar-refractivity contribution in [3.63, 3.8) is 0 Å². The van der Waals surface area contributed by atoms with Gasteiger partial charge in [0, 0.05) is 23.6 Å². The summed E-state index contributed by atoms with van der Waals surface area (Å²) in [5.74, 6) is -0.974. The molecule has 0 saturated carbocycles. The first-order valence-corrected chi connectivity index (χ1v) is 9.87. The molecule has 0 aliphatic heterocycles. The van der Waals surface area contributed by atoms with Crippen molar-refractivity contribution in [3.8, 4) is 0 Å². The number of rotatable bonds is 6. The lowest BCUT2D eigenvalue weighted by Crippen LogP contribution is -2.26. The third-order valence-electron chi connectivity index (χ3n) is 4.02. The van der Waals surface area contributed by atoms with Crippen LogP contribution in [0.2, 0.25) is 0 Å². The number of carbonyl (C=O) groups is 1. The largest absolute Gasteiger partial charge is 0.355 e. The number of nitrogens with one attached hydrogen (secondary N) is 1. The molecule has 0 radical (unpaired) electrons. The van der Waals surface area contributed by atoms with Gasteiger partial charge in [-0.2, -0.15) is 0 Å². The lowest BCUT2D eigenvalue weighted by atomic mass is 10.2. The molecule has 0 aliphatic rings. The number of amides is 1. The molecule has 0 fully saturated rings. The second-order valence-electron chi connectivity index (χ2n) is 5.98. The number of fused-ring (bicyclic) bond motifs is 1. The molecule has 0 saturated heterocycles. The van der Waals surface area contributed by atoms with Crippen molar-refractivity contribution < 1.29 is 17.6 Å². The number of hydrogen-bond acceptors (Lipinski definition) is 3. The second kappa shape index (κ2) is 7.29. The molecular formula is C19H19FN2O3S. The van der Waals surface area contributed by atoms with Crippen molar-refractivity contribution in [1.82, 2.24) is 9.88 Å². The van der Waals surface area contributed by atoms with Gasteiger partial charge < -0.3 is 9.88 Å². The minimum Gasteiger partial charge on any atom is -0.355 e. The number of nitrogens with zero attached hydrogens (tertiary/aromatic N) is 1. The molecule has 2 aromatic carbocycles. The van der Waals surface area contributed by atoms with Gasteiger partial charge in [-0.15, -0.1) is 0 Å². The molecule has 0 bridgehead atoms. The van der Waals surface area contributed by atoms with Crippen LogP contribution in [-0.2, 0) is 26.9 Å². The van der Waals surface area contributed by atoms with Gasteiger partial charge in [-0.1, -0.05) is 30.3 Å². The molecule has 136 valence electrons. The summed E-state index contributed by atoms with van der Waals surface area (Å²) in [7, 11) is -3.70. The van der Waals surface area contributed by atoms with Crippen molar-refractivity contribution in [2.75, 3.05) is 6.54 Å². The third-order valence-corrected chi connectivity index (χ3v) is 5.73. The monoisotopic (exact) mass is 374 g/mol. The predicted molar refractivity (Wildman–Crippen MR) is 97.9 cm³/mol. The third kappa shape index (κ3) is 3.77. The van der Waals surface area contributed by atoms with Crippen LogP contribution in [0.1, 0.15) is 12.5 Å². The van der Waals surface area contributed by atoms with Crippen LogP contribution in [0, 0.1) is 5.82 Å². The van der Waals surface area contributed by atoms with Crippen molar-refractivity contribution in [2.24, 2.45) is 0 Å². The van der Waals surface area contributed by atoms with Gasteiger partial charge in [0.1, 0.15) is 12.4 Å². The van der Waals surface area contributed by atoms with E-state index in [2.05, 4.69) is 5.32 Å². The Hall–Kier alpha value is -2.67. The fourth-order valence-corrected chi connectivity index (χ4v) is 4.49. The zero-order valence-electron chi connectivity index (χ0n) is 14.3. The van der Waals surface area contributed by atoms with E-state index in [1.165, 1.54) is 24.4 Å². The van der Waals surface area contributed by atoms with Gasteiger partial charge in [0.2, 0.25) is 5.91 Å². The van der Waals surface area contributed by atoms with Crippen LogP contribution < -0.4 is 5.32 Å². The summed E-state index contributed by atoms with van der Waals surface area (Å²) < 4.78 is 40.8. The highest BCUT2D eigenvalue weighted by Gasteiger charge is 2.22. The first-order valence-electron chi connectivity index (χ1n) is 8.22. The highest BCUT2D eigenvalue weighted by atomic mass is 32.2. The zero-order valence-corrected chi connectivity index (χ0v) is 15.1. The molecule has 0 aliphatic carbocycles. The Morgan fingerprint density at radius 2 is 1.92 bits per heavy atom. The number of aromatic nitrogens is 1. The highest BCUT2D eigenvalue weighted by molar-refractivity contribution is 7.90. The molecule has 0 atom stereocenters. The van der Waals surface area contributed by atoms with Crippen LogP contribution >= 0.6 is 0 Å². The lowest BCUT2D eigenvalue weighted by Gasteiger charge is -2.05. The van der Waals surface area contributed by atoms with E-state index >= 15 is 0 Å². The molecule has 26 heavy (non-hydrogen) atoms. The van der Waals surface area contributed by atoms with Crippen LogP contribution in [0.4, 0.5) is 4.39 Å². The molecule has 7 heteroatoms. The summed E-state index contributed by atoms with van der Waals surface area (Å²) in [5.41, 5.74) is 1.04. The summed E-state index contributed by atoms with van der Waals surface area (Å²) >= 11 is 0. The quantitative estimate of drug-likeness (QED) is 0.721. The van der Waals surface area contributed by atoms with Gasteiger partial charge in [0.25, 0.3) is 0 Å². The average Bonchev–Trinajstić information content (AvgIpc) is 2.94. The Bertz CT molecular complexity index is 1060. The van der Waals surface area contributed by atoms with Crippen molar-refractivity contribution in [2.45, 2.75) is 24.1 Å². The molecule has 5 nitrogen and oxygen atoms in total. The van der Waals surface area contributed by atoms with E-state index in [0.29, 0.717) is 23.0 Å². The SMILES string of the molecule is CCNC(=O)Cn1cc(S(=O)(=O)Cc2cccc(F)c2)c2ccccc21. The Morgan fingerprint density at radius 3 is 2.65 bits per heavy atom. The van der Waals surface area contributed by atoms with Gasteiger partial charge in [-0.05, 0) is 30.7 Å². The smallest absolute Gasteiger partial charge is 0.239 e. The molecule has 1 amide bonds. The van der Waals surface area contributed by atoms with Gasteiger partial charge in [0.15, 0.2) is 9.84 Å². The van der Waals surface area contributed by atoms with E-state index in [1.807, 2.05) is 6.92 Å². The summed E-state index contributed by atoms with van der Waals surface area (Å²) in [6.07, 6.45) is 1.48. The number of likely N-dealkylation sites (N-methyl/N-ethyl adjacent to an activating group) is 1. The second-order valence-corrected chi connectivity index (χ2v) is 7.94. The van der Waals surface area contributed by atoms with Crippen LogP contribution in [-0.4, -0.2) is 25.4 Å². The average molecular weight is 374 g/mol. The molecule has 3 rings (SSSR count). The fourth-order valence-electron chi connectivity index (χ4n) is 2.92. The Labute approximate surface area is 151 Å². The number of para-hydroxylation sites is 1. The maximum absolute atomic E-state index is 13.4. The Kier molecular flexibility index (Phi) is 5.08. The van der Waals surface area contributed by atoms with E-state index in [0.717, 1.165) is 0 Å². The number of benzene rings is 2. The maximum atomic E-state index is 13.4. The first-order chi connectivity index (χ1) is 12.4. The summed E-state index contributed by atoms with van der Waals surface area (Å²) in [6, 6.07) is 12.6. The van der Waals surface area contributed by atoms with Crippen LogP contribution in [0.25, 0.3) is 10.9 Å². The number of hydrogen-bond donors (Lipinski definition) is 1. The van der Waals surface area contributed by atoms with E-state index < -0.39 is 15.7 Å².